The van der Waals surface area contributed by atoms with Crippen molar-refractivity contribution in [2.45, 2.75) is 13.8 Å². The standard InChI is InChI=1S/C16H21FN4O2/c1-3-20(8-9-22)11-16(23)18-15-10-12(2)19-21(15)14-7-5-4-6-13(14)17/h4-7,10,22H,3,8-9,11H2,1-2H3,(H,18,23). The number of aryl methyl sites for hydroxylation is 1. The number of aromatic nitrogens is 2. The maximum absolute atomic E-state index is 14.0. The van der Waals surface area contributed by atoms with Gasteiger partial charge in [-0.25, -0.2) is 9.07 Å². The summed E-state index contributed by atoms with van der Waals surface area (Å²) in [4.78, 5) is 14.0. The first kappa shape index (κ1) is 17.1. The molecule has 2 aromatic rings. The van der Waals surface area contributed by atoms with Gasteiger partial charge in [0.15, 0.2) is 0 Å². The molecule has 2 N–H and O–H groups in total. The molecule has 7 heteroatoms. The van der Waals surface area contributed by atoms with Crippen LogP contribution in [-0.4, -0.2) is 51.9 Å². The van der Waals surface area contributed by atoms with Gasteiger partial charge in [0.25, 0.3) is 0 Å². The van der Waals surface area contributed by atoms with Crippen molar-refractivity contribution in [2.24, 2.45) is 0 Å². The fourth-order valence-corrected chi connectivity index (χ4v) is 2.27. The molecule has 0 saturated carbocycles. The molecule has 0 saturated heterocycles. The van der Waals surface area contributed by atoms with Gasteiger partial charge in [-0.15, -0.1) is 0 Å². The van der Waals surface area contributed by atoms with E-state index in [1.54, 1.807) is 31.2 Å². The molecule has 0 bridgehead atoms. The van der Waals surface area contributed by atoms with Gasteiger partial charge in [0.2, 0.25) is 5.91 Å². The summed E-state index contributed by atoms with van der Waals surface area (Å²) >= 11 is 0. The van der Waals surface area contributed by atoms with Crippen molar-refractivity contribution < 1.29 is 14.3 Å². The van der Waals surface area contributed by atoms with Gasteiger partial charge in [0, 0.05) is 12.6 Å². The van der Waals surface area contributed by atoms with Gasteiger partial charge in [-0.1, -0.05) is 19.1 Å². The first-order valence-corrected chi connectivity index (χ1v) is 7.49. The van der Waals surface area contributed by atoms with Crippen LogP contribution in [0.1, 0.15) is 12.6 Å². The van der Waals surface area contributed by atoms with Crippen LogP contribution in [0.3, 0.4) is 0 Å². The van der Waals surface area contributed by atoms with E-state index in [1.165, 1.54) is 10.7 Å². The Bertz CT molecular complexity index is 672. The number of para-hydroxylation sites is 1. The number of aliphatic hydroxyl groups excluding tert-OH is 1. The average molecular weight is 320 g/mol. The Kier molecular flexibility index (Phi) is 5.84. The lowest BCUT2D eigenvalue weighted by molar-refractivity contribution is -0.117. The Labute approximate surface area is 134 Å². The molecule has 1 aromatic carbocycles. The van der Waals surface area contributed by atoms with E-state index in [1.807, 2.05) is 11.8 Å². The number of benzene rings is 1. The van der Waals surface area contributed by atoms with Crippen molar-refractivity contribution >= 4 is 11.7 Å². The third kappa shape index (κ3) is 4.37. The lowest BCUT2D eigenvalue weighted by Crippen LogP contribution is -2.35. The average Bonchev–Trinajstić information content (AvgIpc) is 2.87. The monoisotopic (exact) mass is 320 g/mol. The highest BCUT2D eigenvalue weighted by Crippen LogP contribution is 2.19. The normalized spacial score (nSPS) is 11.0. The molecule has 0 aliphatic heterocycles. The quantitative estimate of drug-likeness (QED) is 0.812. The minimum atomic E-state index is -0.415. The molecule has 124 valence electrons. The number of nitrogens with one attached hydrogen (secondary N) is 1. The fourth-order valence-electron chi connectivity index (χ4n) is 2.27. The van der Waals surface area contributed by atoms with Gasteiger partial charge in [-0.05, 0) is 25.6 Å². The minimum Gasteiger partial charge on any atom is -0.395 e. The summed E-state index contributed by atoms with van der Waals surface area (Å²) in [5.74, 6) is -0.239. The van der Waals surface area contributed by atoms with Crippen molar-refractivity contribution in [1.82, 2.24) is 14.7 Å². The molecule has 0 atom stereocenters. The van der Waals surface area contributed by atoms with Gasteiger partial charge >= 0.3 is 0 Å². The van der Waals surface area contributed by atoms with Crippen LogP contribution in [0.4, 0.5) is 10.2 Å². The number of halogens is 1. The third-order valence-electron chi connectivity index (χ3n) is 3.41. The number of anilines is 1. The zero-order valence-corrected chi connectivity index (χ0v) is 13.3. The number of likely N-dealkylation sites (N-methyl/N-ethyl adjacent to an activating group) is 1. The number of rotatable bonds is 7. The summed E-state index contributed by atoms with van der Waals surface area (Å²) in [6.45, 7) is 4.91. The molecule has 1 heterocycles. The molecule has 0 unspecified atom stereocenters. The Morgan fingerprint density at radius 3 is 2.83 bits per heavy atom. The van der Waals surface area contributed by atoms with Crippen molar-refractivity contribution in [3.05, 3.63) is 41.8 Å². The highest BCUT2D eigenvalue weighted by molar-refractivity contribution is 5.91. The Morgan fingerprint density at radius 1 is 1.43 bits per heavy atom. The van der Waals surface area contributed by atoms with E-state index in [0.29, 0.717) is 24.6 Å². The van der Waals surface area contributed by atoms with E-state index < -0.39 is 5.82 Å². The predicted octanol–water partition coefficient (Wildman–Crippen LogP) is 1.57. The van der Waals surface area contributed by atoms with E-state index in [4.69, 9.17) is 5.11 Å². The van der Waals surface area contributed by atoms with Crippen LogP contribution in [-0.2, 0) is 4.79 Å². The molecular formula is C16H21FN4O2. The Morgan fingerprint density at radius 2 is 2.17 bits per heavy atom. The molecule has 0 spiro atoms. The molecule has 0 aliphatic carbocycles. The first-order valence-electron chi connectivity index (χ1n) is 7.49. The predicted molar refractivity (Wildman–Crippen MR) is 86.1 cm³/mol. The van der Waals surface area contributed by atoms with Crippen molar-refractivity contribution in [1.29, 1.82) is 0 Å². The maximum Gasteiger partial charge on any atom is 0.239 e. The van der Waals surface area contributed by atoms with Crippen molar-refractivity contribution in [3.63, 3.8) is 0 Å². The maximum atomic E-state index is 14.0. The van der Waals surface area contributed by atoms with E-state index in [0.717, 1.165) is 0 Å². The van der Waals surface area contributed by atoms with Crippen LogP contribution >= 0.6 is 0 Å². The number of carbonyl (C=O) groups excluding carboxylic acids is 1. The zero-order chi connectivity index (χ0) is 16.8. The second-order valence-electron chi connectivity index (χ2n) is 5.17. The summed E-state index contributed by atoms with van der Waals surface area (Å²) in [6, 6.07) is 7.94. The summed E-state index contributed by atoms with van der Waals surface area (Å²) < 4.78 is 15.3. The summed E-state index contributed by atoms with van der Waals surface area (Å²) in [7, 11) is 0. The smallest absolute Gasteiger partial charge is 0.239 e. The number of aliphatic hydroxyl groups is 1. The van der Waals surface area contributed by atoms with E-state index in [-0.39, 0.29) is 24.7 Å². The van der Waals surface area contributed by atoms with Crippen LogP contribution in [0.2, 0.25) is 0 Å². The molecule has 23 heavy (non-hydrogen) atoms. The topological polar surface area (TPSA) is 70.4 Å². The Balaban J connectivity index is 2.18. The summed E-state index contributed by atoms with van der Waals surface area (Å²) in [5.41, 5.74) is 0.949. The molecule has 2 rings (SSSR count). The second kappa shape index (κ2) is 7.85. The van der Waals surface area contributed by atoms with Gasteiger partial charge in [0.1, 0.15) is 17.3 Å². The lowest BCUT2D eigenvalue weighted by Gasteiger charge is -2.18. The molecule has 1 aromatic heterocycles. The molecule has 0 radical (unpaired) electrons. The largest absolute Gasteiger partial charge is 0.395 e. The van der Waals surface area contributed by atoms with Crippen LogP contribution in [0.5, 0.6) is 0 Å². The molecule has 0 aliphatic rings. The van der Waals surface area contributed by atoms with Gasteiger partial charge < -0.3 is 10.4 Å². The molecular weight excluding hydrogens is 299 g/mol. The van der Waals surface area contributed by atoms with Gasteiger partial charge in [-0.2, -0.15) is 5.10 Å². The van der Waals surface area contributed by atoms with Crippen LogP contribution < -0.4 is 5.32 Å². The van der Waals surface area contributed by atoms with Crippen LogP contribution in [0.25, 0.3) is 5.69 Å². The Hall–Kier alpha value is -2.25. The van der Waals surface area contributed by atoms with Gasteiger partial charge in [-0.3, -0.25) is 9.69 Å². The highest BCUT2D eigenvalue weighted by Gasteiger charge is 2.15. The fraction of sp³-hybridized carbons (Fsp3) is 0.375. The van der Waals surface area contributed by atoms with Crippen LogP contribution in [0, 0.1) is 12.7 Å². The SMILES string of the molecule is CCN(CCO)CC(=O)Nc1cc(C)nn1-c1ccccc1F. The summed E-state index contributed by atoms with van der Waals surface area (Å²) in [5, 5.41) is 16.0. The van der Waals surface area contributed by atoms with E-state index >= 15 is 0 Å². The number of amides is 1. The number of hydrogen-bond acceptors (Lipinski definition) is 4. The number of nitrogens with zero attached hydrogens (tertiary/aromatic N) is 3. The highest BCUT2D eigenvalue weighted by atomic mass is 19.1. The molecule has 1 amide bonds. The van der Waals surface area contributed by atoms with E-state index in [2.05, 4.69) is 10.4 Å². The summed E-state index contributed by atoms with van der Waals surface area (Å²) in [6.07, 6.45) is 0. The third-order valence-corrected chi connectivity index (χ3v) is 3.41. The molecule has 0 fully saturated rings. The zero-order valence-electron chi connectivity index (χ0n) is 13.3. The minimum absolute atomic E-state index is 0.00656. The van der Waals surface area contributed by atoms with Crippen LogP contribution in [0.15, 0.2) is 30.3 Å². The first-order chi connectivity index (χ1) is 11.0. The van der Waals surface area contributed by atoms with Crippen molar-refractivity contribution in [3.8, 4) is 5.69 Å². The molecule has 6 nitrogen and oxygen atoms in total. The number of carbonyl (C=O) groups is 1. The van der Waals surface area contributed by atoms with E-state index in [9.17, 15) is 9.18 Å². The number of hydrogen-bond donors (Lipinski definition) is 2. The van der Waals surface area contributed by atoms with Crippen molar-refractivity contribution in [2.75, 3.05) is 31.6 Å². The lowest BCUT2D eigenvalue weighted by atomic mass is 10.3. The van der Waals surface area contributed by atoms with Gasteiger partial charge in [0.05, 0.1) is 18.8 Å². The second-order valence-corrected chi connectivity index (χ2v) is 5.17.